The van der Waals surface area contributed by atoms with Gasteiger partial charge >= 0.3 is 5.97 Å². The summed E-state index contributed by atoms with van der Waals surface area (Å²) in [6.45, 7) is 8.33. The van der Waals surface area contributed by atoms with Crippen molar-refractivity contribution in [3.05, 3.63) is 118 Å². The second-order valence-corrected chi connectivity index (χ2v) is 11.2. The zero-order chi connectivity index (χ0) is 26.1. The van der Waals surface area contributed by atoms with E-state index in [1.54, 1.807) is 22.8 Å². The molecule has 37 heavy (non-hydrogen) atoms. The Labute approximate surface area is 223 Å². The molecule has 0 saturated carbocycles. The van der Waals surface area contributed by atoms with E-state index >= 15 is 0 Å². The molecule has 2 aromatic carbocycles. The van der Waals surface area contributed by atoms with Gasteiger partial charge in [-0.1, -0.05) is 79.8 Å². The van der Waals surface area contributed by atoms with E-state index in [1.807, 2.05) is 66.9 Å². The number of fused-ring (bicyclic) bond motifs is 1. The summed E-state index contributed by atoms with van der Waals surface area (Å²) in [4.78, 5) is 33.9. The molecule has 0 unspecified atom stereocenters. The first-order valence-electron chi connectivity index (χ1n) is 12.3. The predicted octanol–water partition coefficient (Wildman–Crippen LogP) is 5.43. The molecule has 0 fully saturated rings. The van der Waals surface area contributed by atoms with E-state index < -0.39 is 12.0 Å². The molecule has 0 amide bonds. The number of hydrogen-bond donors (Lipinski definition) is 0. The molecule has 3 heterocycles. The van der Waals surface area contributed by atoms with Crippen LogP contribution in [-0.2, 0) is 9.53 Å². The average Bonchev–Trinajstić information content (AvgIpc) is 3.45. The molecule has 5 nitrogen and oxygen atoms in total. The molecule has 4 aromatic rings. The molecule has 0 N–H and O–H groups in total. The van der Waals surface area contributed by atoms with Gasteiger partial charge in [-0.05, 0) is 54.0 Å². The van der Waals surface area contributed by atoms with E-state index in [0.29, 0.717) is 26.5 Å². The fourth-order valence-electron chi connectivity index (χ4n) is 4.47. The van der Waals surface area contributed by atoms with Crippen LogP contribution in [0.25, 0.3) is 11.8 Å². The summed E-state index contributed by atoms with van der Waals surface area (Å²) >= 11 is 2.95. The Morgan fingerprint density at radius 2 is 1.84 bits per heavy atom. The zero-order valence-corrected chi connectivity index (χ0v) is 22.9. The Balaban J connectivity index is 1.82. The standard InChI is InChI=1S/C30H28N2O3S2/c1-5-35-29(34)25-26(21-9-7-6-8-10-21)31-30-32(27(25)22-13-11-20(12-14-22)18(2)3)28(33)24(37-30)17-23-19(4)15-16-36-23/h6-18,27H,5H2,1-4H3/b24-17-/t27-/m1/s1. The van der Waals surface area contributed by atoms with Crippen LogP contribution in [0.5, 0.6) is 0 Å². The molecule has 0 bridgehead atoms. The minimum atomic E-state index is -0.654. The maximum Gasteiger partial charge on any atom is 0.338 e. The minimum Gasteiger partial charge on any atom is -0.463 e. The van der Waals surface area contributed by atoms with E-state index in [4.69, 9.17) is 9.73 Å². The van der Waals surface area contributed by atoms with Crippen LogP contribution in [0.3, 0.4) is 0 Å². The molecule has 1 aliphatic heterocycles. The second-order valence-electron chi connectivity index (χ2n) is 9.22. The number of hydrogen-bond acceptors (Lipinski definition) is 6. The van der Waals surface area contributed by atoms with Gasteiger partial charge in [0.2, 0.25) is 0 Å². The quantitative estimate of drug-likeness (QED) is 0.314. The second kappa shape index (κ2) is 10.4. The minimum absolute atomic E-state index is 0.164. The van der Waals surface area contributed by atoms with Gasteiger partial charge in [-0.3, -0.25) is 9.36 Å². The Morgan fingerprint density at radius 3 is 2.46 bits per heavy atom. The summed E-state index contributed by atoms with van der Waals surface area (Å²) in [6.07, 6.45) is 1.93. The monoisotopic (exact) mass is 528 g/mol. The first-order valence-corrected chi connectivity index (χ1v) is 14.0. The number of aryl methyl sites for hydroxylation is 1. The molecule has 188 valence electrons. The summed E-state index contributed by atoms with van der Waals surface area (Å²) in [6, 6.07) is 19.2. The van der Waals surface area contributed by atoms with Gasteiger partial charge in [-0.15, -0.1) is 11.3 Å². The lowest BCUT2D eigenvalue weighted by Gasteiger charge is -2.26. The van der Waals surface area contributed by atoms with Crippen LogP contribution in [0, 0.1) is 6.92 Å². The van der Waals surface area contributed by atoms with Gasteiger partial charge in [-0.2, -0.15) is 0 Å². The summed E-state index contributed by atoms with van der Waals surface area (Å²) in [5.41, 5.74) is 4.71. The van der Waals surface area contributed by atoms with Gasteiger partial charge < -0.3 is 4.74 Å². The van der Waals surface area contributed by atoms with E-state index in [-0.39, 0.29) is 12.2 Å². The molecule has 2 aromatic heterocycles. The number of thiophene rings is 1. The Kier molecular flexibility index (Phi) is 7.09. The molecular formula is C30H28N2O3S2. The number of thiazole rings is 1. The molecule has 0 spiro atoms. The number of rotatable bonds is 6. The maximum absolute atomic E-state index is 13.9. The van der Waals surface area contributed by atoms with Crippen molar-refractivity contribution in [3.8, 4) is 0 Å². The number of carbonyl (C=O) groups excluding carboxylic acids is 1. The van der Waals surface area contributed by atoms with Crippen LogP contribution in [-0.4, -0.2) is 17.1 Å². The normalized spacial score (nSPS) is 15.6. The van der Waals surface area contributed by atoms with Crippen LogP contribution >= 0.6 is 22.7 Å². The van der Waals surface area contributed by atoms with Crippen molar-refractivity contribution in [1.29, 1.82) is 0 Å². The lowest BCUT2D eigenvalue weighted by atomic mass is 9.91. The van der Waals surface area contributed by atoms with Crippen LogP contribution in [0.2, 0.25) is 0 Å². The number of benzene rings is 2. The van der Waals surface area contributed by atoms with Crippen LogP contribution in [0.1, 0.15) is 59.9 Å². The molecule has 1 atom stereocenters. The van der Waals surface area contributed by atoms with Crippen molar-refractivity contribution < 1.29 is 9.53 Å². The predicted molar refractivity (Wildman–Crippen MR) is 151 cm³/mol. The molecule has 5 rings (SSSR count). The van der Waals surface area contributed by atoms with Gasteiger partial charge in [0.15, 0.2) is 4.80 Å². The largest absolute Gasteiger partial charge is 0.463 e. The van der Waals surface area contributed by atoms with Crippen molar-refractivity contribution in [3.63, 3.8) is 0 Å². The number of aromatic nitrogens is 1. The number of nitrogens with zero attached hydrogens (tertiary/aromatic N) is 2. The van der Waals surface area contributed by atoms with Crippen LogP contribution in [0.15, 0.2) is 81.4 Å². The summed E-state index contributed by atoms with van der Waals surface area (Å²) < 4.78 is 7.78. The maximum atomic E-state index is 13.9. The van der Waals surface area contributed by atoms with Crippen molar-refractivity contribution >= 4 is 40.4 Å². The SMILES string of the molecule is CCOC(=O)C1=C(c2ccccc2)N=c2s/c(=C\c3sccc3C)c(=O)n2[C@@H]1c1ccc(C(C)C)cc1. The molecule has 0 radical (unpaired) electrons. The number of carbonyl (C=O) groups is 1. The highest BCUT2D eigenvalue weighted by Crippen LogP contribution is 2.35. The number of esters is 1. The lowest BCUT2D eigenvalue weighted by molar-refractivity contribution is -0.138. The summed E-state index contributed by atoms with van der Waals surface area (Å²) in [5, 5.41) is 2.02. The topological polar surface area (TPSA) is 60.7 Å². The molecule has 7 heteroatoms. The highest BCUT2D eigenvalue weighted by atomic mass is 32.1. The summed E-state index contributed by atoms with van der Waals surface area (Å²) in [5.74, 6) is -0.101. The van der Waals surface area contributed by atoms with Crippen LogP contribution in [0.4, 0.5) is 0 Å². The lowest BCUT2D eigenvalue weighted by Crippen LogP contribution is -2.40. The van der Waals surface area contributed by atoms with E-state index in [0.717, 1.165) is 21.6 Å². The Morgan fingerprint density at radius 1 is 1.11 bits per heavy atom. The van der Waals surface area contributed by atoms with Crippen molar-refractivity contribution in [2.24, 2.45) is 4.99 Å². The first kappa shape index (κ1) is 25.1. The highest BCUT2D eigenvalue weighted by molar-refractivity contribution is 7.11. The fraction of sp³-hybridized carbons (Fsp3) is 0.233. The Bertz CT molecular complexity index is 1660. The Hall–Kier alpha value is -3.55. The van der Waals surface area contributed by atoms with Gasteiger partial charge in [0.05, 0.1) is 28.5 Å². The molecule has 1 aliphatic rings. The van der Waals surface area contributed by atoms with E-state index in [9.17, 15) is 9.59 Å². The average molecular weight is 529 g/mol. The third-order valence-corrected chi connectivity index (χ3v) is 8.41. The molecular weight excluding hydrogens is 500 g/mol. The first-order chi connectivity index (χ1) is 17.9. The van der Waals surface area contributed by atoms with Crippen molar-refractivity contribution in [2.75, 3.05) is 6.61 Å². The van der Waals surface area contributed by atoms with Crippen LogP contribution < -0.4 is 14.9 Å². The third kappa shape index (κ3) is 4.77. The van der Waals surface area contributed by atoms with E-state index in [1.165, 1.54) is 16.9 Å². The van der Waals surface area contributed by atoms with Gasteiger partial charge in [0.25, 0.3) is 5.56 Å². The third-order valence-electron chi connectivity index (χ3n) is 6.46. The fourth-order valence-corrected chi connectivity index (χ4v) is 6.39. The zero-order valence-electron chi connectivity index (χ0n) is 21.2. The van der Waals surface area contributed by atoms with Crippen molar-refractivity contribution in [1.82, 2.24) is 4.57 Å². The highest BCUT2D eigenvalue weighted by Gasteiger charge is 2.35. The summed E-state index contributed by atoms with van der Waals surface area (Å²) in [7, 11) is 0. The van der Waals surface area contributed by atoms with Gasteiger partial charge in [0, 0.05) is 10.4 Å². The molecule has 0 saturated heterocycles. The molecule has 0 aliphatic carbocycles. The van der Waals surface area contributed by atoms with Gasteiger partial charge in [0.1, 0.15) is 0 Å². The van der Waals surface area contributed by atoms with E-state index in [2.05, 4.69) is 26.0 Å². The number of ether oxygens (including phenoxy) is 1. The van der Waals surface area contributed by atoms with Crippen molar-refractivity contribution in [2.45, 2.75) is 39.7 Å². The smallest absolute Gasteiger partial charge is 0.338 e. The van der Waals surface area contributed by atoms with Gasteiger partial charge in [-0.25, -0.2) is 9.79 Å².